The number of fused-ring (bicyclic) bond motifs is 2. The predicted octanol–water partition coefficient (Wildman–Crippen LogP) is 8.66. The SMILES string of the molecule is Cc1c(S(=O)(=O)Nc2ccc(C(F)(F)F)cc2NS(=O)(=O)c2sc3ccc(Cl)cc3c2C)sc2ccc(Cl)cc12. The molecule has 0 amide bonds. The highest BCUT2D eigenvalue weighted by Crippen LogP contribution is 2.41. The van der Waals surface area contributed by atoms with Crippen LogP contribution in [0.2, 0.25) is 10.0 Å². The molecule has 0 unspecified atom stereocenters. The molecule has 0 spiro atoms. The summed E-state index contributed by atoms with van der Waals surface area (Å²) in [6, 6.07) is 11.8. The Morgan fingerprint density at radius 3 is 1.57 bits per heavy atom. The van der Waals surface area contributed by atoms with Gasteiger partial charge in [-0.1, -0.05) is 23.2 Å². The second kappa shape index (κ2) is 10.1. The number of hydrogen-bond donors (Lipinski definition) is 2. The smallest absolute Gasteiger partial charge is 0.277 e. The molecular weight excluding hydrogens is 648 g/mol. The van der Waals surface area contributed by atoms with Crippen molar-refractivity contribution in [2.24, 2.45) is 0 Å². The van der Waals surface area contributed by atoms with E-state index in [-0.39, 0.29) is 14.1 Å². The molecule has 6 nitrogen and oxygen atoms in total. The summed E-state index contributed by atoms with van der Waals surface area (Å²) >= 11 is 14.0. The Hall–Kier alpha value is -2.55. The predicted molar refractivity (Wildman–Crippen MR) is 156 cm³/mol. The molecule has 3 aromatic carbocycles. The number of anilines is 2. The van der Waals surface area contributed by atoms with Crippen LogP contribution in [0.5, 0.6) is 0 Å². The fourth-order valence-corrected chi connectivity index (χ4v) is 10.1. The van der Waals surface area contributed by atoms with Crippen LogP contribution in [-0.2, 0) is 26.2 Å². The molecule has 0 aliphatic rings. The number of hydrogen-bond acceptors (Lipinski definition) is 6. The van der Waals surface area contributed by atoms with E-state index in [4.69, 9.17) is 23.2 Å². The molecule has 0 bridgehead atoms. The van der Waals surface area contributed by atoms with Gasteiger partial charge in [-0.05, 0) is 90.3 Å². The molecule has 2 aromatic heterocycles. The second-order valence-electron chi connectivity index (χ2n) is 8.78. The molecule has 5 aromatic rings. The van der Waals surface area contributed by atoms with E-state index in [9.17, 15) is 30.0 Å². The Kier molecular flexibility index (Phi) is 7.29. The fourth-order valence-electron chi connectivity index (χ4n) is 4.13. The van der Waals surface area contributed by atoms with Crippen molar-refractivity contribution < 1.29 is 30.0 Å². The van der Waals surface area contributed by atoms with Gasteiger partial charge in [0, 0.05) is 19.4 Å². The lowest BCUT2D eigenvalue weighted by Gasteiger charge is -2.17. The lowest BCUT2D eigenvalue weighted by Crippen LogP contribution is -2.18. The minimum atomic E-state index is -4.82. The van der Waals surface area contributed by atoms with Gasteiger partial charge in [0.2, 0.25) is 0 Å². The summed E-state index contributed by atoms with van der Waals surface area (Å²) in [5.41, 5.74) is -1.39. The molecule has 210 valence electrons. The monoisotopic (exact) mass is 664 g/mol. The van der Waals surface area contributed by atoms with E-state index in [0.29, 0.717) is 53.5 Å². The van der Waals surface area contributed by atoms with Gasteiger partial charge >= 0.3 is 6.18 Å². The lowest BCUT2D eigenvalue weighted by molar-refractivity contribution is -0.137. The van der Waals surface area contributed by atoms with Gasteiger partial charge in [-0.2, -0.15) is 13.2 Å². The zero-order valence-corrected chi connectivity index (χ0v) is 25.1. The molecule has 2 heterocycles. The van der Waals surface area contributed by atoms with Crippen molar-refractivity contribution in [3.05, 3.63) is 81.3 Å². The largest absolute Gasteiger partial charge is 0.416 e. The number of alkyl halides is 3. The highest BCUT2D eigenvalue weighted by Gasteiger charge is 2.33. The van der Waals surface area contributed by atoms with E-state index in [1.165, 1.54) is 0 Å². The average molecular weight is 666 g/mol. The van der Waals surface area contributed by atoms with Crippen molar-refractivity contribution in [1.29, 1.82) is 0 Å². The maximum Gasteiger partial charge on any atom is 0.416 e. The van der Waals surface area contributed by atoms with Crippen molar-refractivity contribution in [3.8, 4) is 0 Å². The summed E-state index contributed by atoms with van der Waals surface area (Å²) in [4.78, 5) is 0. The summed E-state index contributed by atoms with van der Waals surface area (Å²) in [5.74, 6) is 0. The Labute approximate surface area is 245 Å². The van der Waals surface area contributed by atoms with Gasteiger partial charge in [0.05, 0.1) is 16.9 Å². The molecule has 0 aliphatic carbocycles. The highest BCUT2D eigenvalue weighted by atomic mass is 35.5. The zero-order valence-electron chi connectivity index (χ0n) is 20.4. The van der Waals surface area contributed by atoms with Crippen molar-refractivity contribution in [2.45, 2.75) is 28.4 Å². The summed E-state index contributed by atoms with van der Waals surface area (Å²) in [7, 11) is -8.79. The van der Waals surface area contributed by atoms with E-state index in [0.717, 1.165) is 28.7 Å². The minimum Gasteiger partial charge on any atom is -0.277 e. The summed E-state index contributed by atoms with van der Waals surface area (Å²) in [5, 5.41) is 1.97. The molecule has 15 heteroatoms. The van der Waals surface area contributed by atoms with E-state index >= 15 is 0 Å². The van der Waals surface area contributed by atoms with Gasteiger partial charge in [-0.3, -0.25) is 9.44 Å². The summed E-state index contributed by atoms with van der Waals surface area (Å²) in [6.07, 6.45) is -4.82. The molecule has 40 heavy (non-hydrogen) atoms. The summed E-state index contributed by atoms with van der Waals surface area (Å²) in [6.45, 7) is 3.13. The molecule has 5 rings (SSSR count). The van der Waals surface area contributed by atoms with Crippen LogP contribution in [0.4, 0.5) is 24.5 Å². The number of nitrogens with one attached hydrogen (secondary N) is 2. The number of sulfonamides is 2. The van der Waals surface area contributed by atoms with Gasteiger partial charge in [0.1, 0.15) is 8.42 Å². The van der Waals surface area contributed by atoms with Crippen LogP contribution < -0.4 is 9.44 Å². The van der Waals surface area contributed by atoms with Crippen LogP contribution in [0.25, 0.3) is 20.2 Å². The first-order valence-corrected chi connectivity index (χ1v) is 16.6. The van der Waals surface area contributed by atoms with Crippen molar-refractivity contribution in [2.75, 3.05) is 9.44 Å². The molecule has 0 saturated heterocycles. The van der Waals surface area contributed by atoms with Gasteiger partial charge in [0.25, 0.3) is 20.0 Å². The van der Waals surface area contributed by atoms with E-state index in [2.05, 4.69) is 9.44 Å². The molecule has 0 saturated carbocycles. The van der Waals surface area contributed by atoms with Gasteiger partial charge in [0.15, 0.2) is 0 Å². The van der Waals surface area contributed by atoms with E-state index < -0.39 is 37.5 Å². The molecule has 0 aliphatic heterocycles. The number of aryl methyl sites for hydroxylation is 2. The third-order valence-electron chi connectivity index (χ3n) is 6.03. The highest BCUT2D eigenvalue weighted by molar-refractivity contribution is 7.95. The molecule has 0 atom stereocenters. The molecule has 0 radical (unpaired) electrons. The Morgan fingerprint density at radius 2 is 1.12 bits per heavy atom. The molecule has 2 N–H and O–H groups in total. The van der Waals surface area contributed by atoms with Crippen LogP contribution in [0.15, 0.2) is 63.0 Å². The van der Waals surface area contributed by atoms with Crippen LogP contribution >= 0.6 is 45.9 Å². The molecule has 0 fully saturated rings. The number of halogens is 5. The number of rotatable bonds is 6. The number of thiophene rings is 2. The first-order valence-electron chi connectivity index (χ1n) is 11.2. The maximum absolute atomic E-state index is 13.6. The second-order valence-corrected chi connectivity index (χ2v) is 15.5. The summed E-state index contributed by atoms with van der Waals surface area (Å²) < 4.78 is 99.8. The van der Waals surface area contributed by atoms with Gasteiger partial charge in [-0.15, -0.1) is 22.7 Å². The average Bonchev–Trinajstić information content (AvgIpc) is 3.37. The Bertz CT molecular complexity index is 2040. The third kappa shape index (κ3) is 5.38. The van der Waals surface area contributed by atoms with E-state index in [1.54, 1.807) is 50.2 Å². The number of benzene rings is 3. The first-order chi connectivity index (χ1) is 18.6. The topological polar surface area (TPSA) is 92.3 Å². The van der Waals surface area contributed by atoms with Crippen LogP contribution in [0, 0.1) is 13.8 Å². The Balaban J connectivity index is 1.59. The van der Waals surface area contributed by atoms with Crippen LogP contribution in [0.1, 0.15) is 16.7 Å². The van der Waals surface area contributed by atoms with Gasteiger partial charge < -0.3 is 0 Å². The maximum atomic E-state index is 13.6. The normalized spacial score (nSPS) is 12.8. The van der Waals surface area contributed by atoms with Crippen molar-refractivity contribution in [3.63, 3.8) is 0 Å². The fraction of sp³-hybridized carbons (Fsp3) is 0.120. The van der Waals surface area contributed by atoms with Crippen molar-refractivity contribution in [1.82, 2.24) is 0 Å². The van der Waals surface area contributed by atoms with Crippen LogP contribution in [0.3, 0.4) is 0 Å². The van der Waals surface area contributed by atoms with Crippen molar-refractivity contribution >= 4 is 97.5 Å². The Morgan fingerprint density at radius 1 is 0.675 bits per heavy atom. The quantitative estimate of drug-likeness (QED) is 0.190. The van der Waals surface area contributed by atoms with Gasteiger partial charge in [-0.25, -0.2) is 16.8 Å². The zero-order chi connectivity index (χ0) is 29.2. The first kappa shape index (κ1) is 29.0. The minimum absolute atomic E-state index is 0.0873. The third-order valence-corrected chi connectivity index (χ3v) is 13.0. The molecular formula is C25H17Cl2F3N2O4S4. The standard InChI is InChI=1S/C25H17Cl2F3N2O4S4/c1-12-17-10-15(26)4-7-21(17)37-23(12)39(33,34)31-19-6-3-14(25(28,29)30)9-20(19)32-40(35,36)24-13(2)18-11-16(27)5-8-22(18)38-24/h3-11,31-32H,1-2H3. The van der Waals surface area contributed by atoms with Crippen LogP contribution in [-0.4, -0.2) is 16.8 Å². The lowest BCUT2D eigenvalue weighted by atomic mass is 10.2. The van der Waals surface area contributed by atoms with E-state index in [1.807, 2.05) is 0 Å².